The number of benzene rings is 1. The second-order valence-corrected chi connectivity index (χ2v) is 3.61. The van der Waals surface area contributed by atoms with Crippen molar-refractivity contribution in [1.82, 2.24) is 10.6 Å². The average Bonchev–Trinajstić information content (AvgIpc) is 2.36. The summed E-state index contributed by atoms with van der Waals surface area (Å²) in [7, 11) is 0. The van der Waals surface area contributed by atoms with Gasteiger partial charge in [0.05, 0.1) is 12.1 Å². The van der Waals surface area contributed by atoms with Gasteiger partial charge in [0.25, 0.3) is 5.91 Å². The molecule has 1 rings (SSSR count). The van der Waals surface area contributed by atoms with E-state index in [9.17, 15) is 18.4 Å². The van der Waals surface area contributed by atoms with Crippen LogP contribution in [-0.2, 0) is 4.79 Å². The Kier molecular flexibility index (Phi) is 5.48. The second-order valence-electron chi connectivity index (χ2n) is 3.61. The van der Waals surface area contributed by atoms with Gasteiger partial charge in [-0.05, 0) is 12.1 Å². The molecule has 0 aliphatic carbocycles. The van der Waals surface area contributed by atoms with Gasteiger partial charge in [-0.25, -0.2) is 8.78 Å². The van der Waals surface area contributed by atoms with Crippen LogP contribution < -0.4 is 10.6 Å². The zero-order valence-corrected chi connectivity index (χ0v) is 10.0. The molecule has 0 fully saturated rings. The van der Waals surface area contributed by atoms with E-state index in [1.807, 2.05) is 0 Å². The number of hydrogen-bond acceptors (Lipinski definition) is 2. The van der Waals surface area contributed by atoms with Gasteiger partial charge in [-0.15, -0.1) is 6.42 Å². The predicted molar refractivity (Wildman–Crippen MR) is 65.2 cm³/mol. The first kappa shape index (κ1) is 14.6. The maximum Gasteiger partial charge on any atom is 0.254 e. The molecule has 100 valence electrons. The van der Waals surface area contributed by atoms with Crippen molar-refractivity contribution >= 4 is 11.8 Å². The van der Waals surface area contributed by atoms with E-state index in [1.165, 1.54) is 0 Å². The van der Waals surface area contributed by atoms with E-state index in [2.05, 4.69) is 16.6 Å². The normalized spacial score (nSPS) is 9.53. The average molecular weight is 266 g/mol. The Morgan fingerprint density at radius 1 is 1.26 bits per heavy atom. The number of carbonyl (C=O) groups is 2. The maximum atomic E-state index is 13.3. The maximum absolute atomic E-state index is 13.3. The highest BCUT2D eigenvalue weighted by molar-refractivity contribution is 5.94. The van der Waals surface area contributed by atoms with Crippen LogP contribution in [0.1, 0.15) is 16.8 Å². The predicted octanol–water partition coefficient (Wildman–Crippen LogP) is 0.834. The molecule has 0 saturated heterocycles. The van der Waals surface area contributed by atoms with Crippen LogP contribution in [0.2, 0.25) is 0 Å². The molecule has 0 saturated carbocycles. The van der Waals surface area contributed by atoms with Gasteiger partial charge in [-0.1, -0.05) is 5.92 Å². The Morgan fingerprint density at radius 3 is 2.63 bits per heavy atom. The molecule has 0 bridgehead atoms. The van der Waals surface area contributed by atoms with Gasteiger partial charge in [0.1, 0.15) is 11.6 Å². The van der Waals surface area contributed by atoms with Crippen LogP contribution in [0, 0.1) is 24.0 Å². The largest absolute Gasteiger partial charge is 0.351 e. The minimum atomic E-state index is -0.950. The molecule has 19 heavy (non-hydrogen) atoms. The minimum Gasteiger partial charge on any atom is -0.351 e. The molecular formula is C13H12F2N2O2. The van der Waals surface area contributed by atoms with Crippen LogP contribution in [0.15, 0.2) is 18.2 Å². The summed E-state index contributed by atoms with van der Waals surface area (Å²) in [5, 5.41) is 4.77. The van der Waals surface area contributed by atoms with Crippen LogP contribution in [0.25, 0.3) is 0 Å². The monoisotopic (exact) mass is 266 g/mol. The van der Waals surface area contributed by atoms with Crippen molar-refractivity contribution < 1.29 is 18.4 Å². The van der Waals surface area contributed by atoms with E-state index in [0.717, 1.165) is 12.1 Å². The Bertz CT molecular complexity index is 524. The first-order valence-corrected chi connectivity index (χ1v) is 5.48. The quantitative estimate of drug-likeness (QED) is 0.776. The first-order chi connectivity index (χ1) is 9.04. The molecule has 0 heterocycles. The van der Waals surface area contributed by atoms with E-state index in [-0.39, 0.29) is 31.0 Å². The first-order valence-electron chi connectivity index (χ1n) is 5.48. The van der Waals surface area contributed by atoms with E-state index in [0.29, 0.717) is 6.07 Å². The van der Waals surface area contributed by atoms with Gasteiger partial charge in [-0.3, -0.25) is 9.59 Å². The smallest absolute Gasteiger partial charge is 0.254 e. The number of nitrogens with one attached hydrogen (secondary N) is 2. The van der Waals surface area contributed by atoms with Crippen LogP contribution in [0.3, 0.4) is 0 Å². The summed E-state index contributed by atoms with van der Waals surface area (Å²) in [6.45, 7) is 0.144. The second kappa shape index (κ2) is 7.11. The highest BCUT2D eigenvalue weighted by Crippen LogP contribution is 2.09. The molecule has 4 nitrogen and oxygen atoms in total. The molecule has 0 aromatic heterocycles. The summed E-state index contributed by atoms with van der Waals surface area (Å²) in [4.78, 5) is 22.7. The molecule has 0 unspecified atom stereocenters. The van der Waals surface area contributed by atoms with Crippen molar-refractivity contribution in [3.05, 3.63) is 35.4 Å². The van der Waals surface area contributed by atoms with Crippen molar-refractivity contribution in [3.8, 4) is 12.3 Å². The third-order valence-electron chi connectivity index (χ3n) is 2.20. The molecule has 0 atom stereocenters. The van der Waals surface area contributed by atoms with Gasteiger partial charge in [0.2, 0.25) is 5.91 Å². The zero-order chi connectivity index (χ0) is 14.3. The van der Waals surface area contributed by atoms with Crippen LogP contribution in [0.4, 0.5) is 8.78 Å². The molecule has 2 N–H and O–H groups in total. The number of hydrogen-bond donors (Lipinski definition) is 2. The lowest BCUT2D eigenvalue weighted by Gasteiger charge is -2.06. The lowest BCUT2D eigenvalue weighted by Crippen LogP contribution is -2.31. The fourth-order valence-corrected chi connectivity index (χ4v) is 1.30. The summed E-state index contributed by atoms with van der Waals surface area (Å²) in [6, 6.07) is 2.64. The third kappa shape index (κ3) is 4.76. The summed E-state index contributed by atoms with van der Waals surface area (Å²) >= 11 is 0. The van der Waals surface area contributed by atoms with Gasteiger partial charge in [0, 0.05) is 19.0 Å². The van der Waals surface area contributed by atoms with Crippen molar-refractivity contribution in [2.45, 2.75) is 6.42 Å². The lowest BCUT2D eigenvalue weighted by atomic mass is 10.2. The van der Waals surface area contributed by atoms with Crippen molar-refractivity contribution in [2.24, 2.45) is 0 Å². The van der Waals surface area contributed by atoms with Gasteiger partial charge >= 0.3 is 0 Å². The number of halogens is 2. The van der Waals surface area contributed by atoms with Gasteiger partial charge in [0.15, 0.2) is 0 Å². The Balaban J connectivity index is 2.44. The van der Waals surface area contributed by atoms with E-state index < -0.39 is 17.5 Å². The summed E-state index contributed by atoms with van der Waals surface area (Å²) in [5.74, 6) is -0.507. The molecule has 0 spiro atoms. The summed E-state index contributed by atoms with van der Waals surface area (Å²) < 4.78 is 25.9. The van der Waals surface area contributed by atoms with Gasteiger partial charge < -0.3 is 10.6 Å². The molecular weight excluding hydrogens is 254 g/mol. The Morgan fingerprint density at radius 2 is 2.00 bits per heavy atom. The molecule has 1 aromatic carbocycles. The summed E-state index contributed by atoms with van der Waals surface area (Å²) in [6.07, 6.45) is 4.98. The highest BCUT2D eigenvalue weighted by Gasteiger charge is 2.12. The Hall–Kier alpha value is -2.42. The van der Waals surface area contributed by atoms with Crippen LogP contribution in [-0.4, -0.2) is 24.9 Å². The van der Waals surface area contributed by atoms with E-state index in [4.69, 9.17) is 6.42 Å². The molecule has 0 aliphatic heterocycles. The van der Waals surface area contributed by atoms with Crippen molar-refractivity contribution in [1.29, 1.82) is 0 Å². The molecule has 0 radical (unpaired) electrons. The third-order valence-corrected chi connectivity index (χ3v) is 2.20. The number of rotatable bonds is 5. The van der Waals surface area contributed by atoms with E-state index in [1.54, 1.807) is 0 Å². The summed E-state index contributed by atoms with van der Waals surface area (Å²) in [5.41, 5.74) is -0.273. The fraction of sp³-hybridized carbons (Fsp3) is 0.231. The number of terminal acetylenes is 1. The van der Waals surface area contributed by atoms with Crippen molar-refractivity contribution in [3.63, 3.8) is 0 Å². The van der Waals surface area contributed by atoms with Crippen LogP contribution in [0.5, 0.6) is 0 Å². The Labute approximate surface area is 109 Å². The van der Waals surface area contributed by atoms with E-state index >= 15 is 0 Å². The number of amides is 2. The topological polar surface area (TPSA) is 58.2 Å². The van der Waals surface area contributed by atoms with Gasteiger partial charge in [-0.2, -0.15) is 0 Å². The minimum absolute atomic E-state index is 0.0240. The zero-order valence-electron chi connectivity index (χ0n) is 10.0. The molecule has 1 aromatic rings. The number of carbonyl (C=O) groups excluding carboxylic acids is 2. The molecule has 0 aliphatic rings. The lowest BCUT2D eigenvalue weighted by molar-refractivity contribution is -0.120. The molecule has 6 heteroatoms. The molecule has 2 amide bonds. The standard InChI is InChI=1S/C13H12F2N2O2/c1-2-6-16-12(18)5-7-17-13(19)10-4-3-9(14)8-11(10)15/h1,3-4,8H,5-7H2,(H,16,18)(H,17,19). The highest BCUT2D eigenvalue weighted by atomic mass is 19.1. The van der Waals surface area contributed by atoms with Crippen molar-refractivity contribution in [2.75, 3.05) is 13.1 Å². The fourth-order valence-electron chi connectivity index (χ4n) is 1.30. The van der Waals surface area contributed by atoms with Crippen LogP contribution >= 0.6 is 0 Å². The SMILES string of the molecule is C#CCNC(=O)CCNC(=O)c1ccc(F)cc1F.